The Morgan fingerprint density at radius 2 is 2.40 bits per heavy atom. The molecule has 1 heterocycles. The first-order chi connectivity index (χ1) is 7.29. The van der Waals surface area contributed by atoms with Gasteiger partial charge in [-0.05, 0) is 31.5 Å². The molecule has 0 aliphatic carbocycles. The summed E-state index contributed by atoms with van der Waals surface area (Å²) in [7, 11) is 0. The molecule has 0 aromatic heterocycles. The lowest BCUT2D eigenvalue weighted by atomic mass is 10.2. The lowest BCUT2D eigenvalue weighted by Gasteiger charge is -2.12. The predicted molar refractivity (Wildman–Crippen MR) is 58.9 cm³/mol. The maximum atomic E-state index is 5.71. The van der Waals surface area contributed by atoms with Gasteiger partial charge in [0, 0.05) is 6.54 Å². The molecule has 15 heavy (non-hydrogen) atoms. The van der Waals surface area contributed by atoms with Gasteiger partial charge in [-0.15, -0.1) is 0 Å². The minimum Gasteiger partial charge on any atom is -0.494 e. The zero-order chi connectivity index (χ0) is 10.7. The van der Waals surface area contributed by atoms with E-state index >= 15 is 0 Å². The predicted octanol–water partition coefficient (Wildman–Crippen LogP) is 2.09. The van der Waals surface area contributed by atoms with Crippen molar-refractivity contribution in [2.24, 2.45) is 0 Å². The van der Waals surface area contributed by atoms with E-state index in [0.717, 1.165) is 17.9 Å². The second-order valence-corrected chi connectivity index (χ2v) is 3.74. The van der Waals surface area contributed by atoms with E-state index in [1.54, 1.807) is 0 Å². The summed E-state index contributed by atoms with van der Waals surface area (Å²) in [5.41, 5.74) is 1.13. The highest BCUT2D eigenvalue weighted by atomic mass is 16.5. The Balaban J connectivity index is 2.10. The van der Waals surface area contributed by atoms with Gasteiger partial charge in [0.2, 0.25) is 0 Å². The van der Waals surface area contributed by atoms with E-state index in [9.17, 15) is 0 Å². The van der Waals surface area contributed by atoms with Crippen molar-refractivity contribution in [1.82, 2.24) is 5.32 Å². The molecule has 2 atom stereocenters. The van der Waals surface area contributed by atoms with Crippen LogP contribution in [0.15, 0.2) is 24.3 Å². The number of rotatable bonds is 3. The van der Waals surface area contributed by atoms with Gasteiger partial charge >= 0.3 is 0 Å². The summed E-state index contributed by atoms with van der Waals surface area (Å²) in [4.78, 5) is 0. The Hall–Kier alpha value is -1.06. The van der Waals surface area contributed by atoms with Gasteiger partial charge in [-0.1, -0.05) is 12.1 Å². The molecule has 3 nitrogen and oxygen atoms in total. The summed E-state index contributed by atoms with van der Waals surface area (Å²) in [6.45, 7) is 5.65. The highest BCUT2D eigenvalue weighted by molar-refractivity contribution is 5.30. The summed E-state index contributed by atoms with van der Waals surface area (Å²) in [6, 6.07) is 8.04. The SMILES string of the molecule is CCOc1cccc(C2NCC(C)O2)c1. The van der Waals surface area contributed by atoms with Gasteiger partial charge in [0.15, 0.2) is 0 Å². The quantitative estimate of drug-likeness (QED) is 0.823. The van der Waals surface area contributed by atoms with Crippen molar-refractivity contribution in [2.75, 3.05) is 13.2 Å². The monoisotopic (exact) mass is 207 g/mol. The molecular weight excluding hydrogens is 190 g/mol. The van der Waals surface area contributed by atoms with E-state index in [2.05, 4.69) is 18.3 Å². The summed E-state index contributed by atoms with van der Waals surface area (Å²) < 4.78 is 11.2. The molecule has 2 unspecified atom stereocenters. The summed E-state index contributed by atoms with van der Waals surface area (Å²) in [5, 5.41) is 3.31. The van der Waals surface area contributed by atoms with Gasteiger partial charge in [-0.3, -0.25) is 5.32 Å². The van der Waals surface area contributed by atoms with Crippen LogP contribution >= 0.6 is 0 Å². The van der Waals surface area contributed by atoms with Crippen molar-refractivity contribution in [1.29, 1.82) is 0 Å². The van der Waals surface area contributed by atoms with Crippen molar-refractivity contribution in [3.8, 4) is 5.75 Å². The fraction of sp³-hybridized carbons (Fsp3) is 0.500. The Morgan fingerprint density at radius 3 is 3.07 bits per heavy atom. The largest absolute Gasteiger partial charge is 0.494 e. The van der Waals surface area contributed by atoms with Crippen LogP contribution in [0.3, 0.4) is 0 Å². The number of nitrogens with one attached hydrogen (secondary N) is 1. The molecule has 0 saturated carbocycles. The van der Waals surface area contributed by atoms with Crippen molar-refractivity contribution >= 4 is 0 Å². The van der Waals surface area contributed by atoms with Gasteiger partial charge in [0.1, 0.15) is 12.0 Å². The van der Waals surface area contributed by atoms with Gasteiger partial charge in [0.25, 0.3) is 0 Å². The number of hydrogen-bond donors (Lipinski definition) is 1. The molecule has 1 aliphatic heterocycles. The van der Waals surface area contributed by atoms with Crippen molar-refractivity contribution in [2.45, 2.75) is 26.2 Å². The van der Waals surface area contributed by atoms with Crippen LogP contribution in [0.2, 0.25) is 0 Å². The Kier molecular flexibility index (Phi) is 3.23. The lowest BCUT2D eigenvalue weighted by molar-refractivity contribution is 0.0509. The van der Waals surface area contributed by atoms with E-state index < -0.39 is 0 Å². The highest BCUT2D eigenvalue weighted by Gasteiger charge is 2.22. The van der Waals surface area contributed by atoms with E-state index in [-0.39, 0.29) is 12.3 Å². The van der Waals surface area contributed by atoms with Crippen molar-refractivity contribution in [3.63, 3.8) is 0 Å². The standard InChI is InChI=1S/C12H17NO2/c1-3-14-11-6-4-5-10(7-11)12-13-8-9(2)15-12/h4-7,9,12-13H,3,8H2,1-2H3. The van der Waals surface area contributed by atoms with Crippen LogP contribution in [-0.4, -0.2) is 19.3 Å². The van der Waals surface area contributed by atoms with Crippen LogP contribution in [0, 0.1) is 0 Å². The topological polar surface area (TPSA) is 30.5 Å². The van der Waals surface area contributed by atoms with Crippen LogP contribution in [-0.2, 0) is 4.74 Å². The van der Waals surface area contributed by atoms with Crippen LogP contribution in [0.5, 0.6) is 5.75 Å². The van der Waals surface area contributed by atoms with Crippen LogP contribution < -0.4 is 10.1 Å². The van der Waals surface area contributed by atoms with Crippen LogP contribution in [0.1, 0.15) is 25.6 Å². The molecular formula is C12H17NO2. The Morgan fingerprint density at radius 1 is 1.53 bits per heavy atom. The second-order valence-electron chi connectivity index (χ2n) is 3.74. The molecule has 82 valence electrons. The molecule has 0 radical (unpaired) electrons. The minimum atomic E-state index is 0.0143. The molecule has 2 rings (SSSR count). The van der Waals surface area contributed by atoms with E-state index in [4.69, 9.17) is 9.47 Å². The molecule has 1 N–H and O–H groups in total. The number of ether oxygens (including phenoxy) is 2. The first kappa shape index (κ1) is 10.5. The Labute approximate surface area is 90.4 Å². The number of hydrogen-bond acceptors (Lipinski definition) is 3. The van der Waals surface area contributed by atoms with Gasteiger partial charge in [0.05, 0.1) is 12.7 Å². The highest BCUT2D eigenvalue weighted by Crippen LogP contribution is 2.24. The zero-order valence-electron chi connectivity index (χ0n) is 9.19. The summed E-state index contributed by atoms with van der Waals surface area (Å²) >= 11 is 0. The number of benzene rings is 1. The van der Waals surface area contributed by atoms with Gasteiger partial charge in [-0.25, -0.2) is 0 Å². The molecule has 1 fully saturated rings. The molecule has 3 heteroatoms. The third-order valence-corrected chi connectivity index (χ3v) is 2.43. The van der Waals surface area contributed by atoms with E-state index in [1.165, 1.54) is 0 Å². The normalized spacial score (nSPS) is 25.5. The molecule has 1 aromatic carbocycles. The molecule has 0 bridgehead atoms. The Bertz CT molecular complexity index is 327. The van der Waals surface area contributed by atoms with E-state index in [1.807, 2.05) is 25.1 Å². The molecule has 1 saturated heterocycles. The smallest absolute Gasteiger partial charge is 0.134 e. The molecule has 0 spiro atoms. The summed E-state index contributed by atoms with van der Waals surface area (Å²) in [6.07, 6.45) is 0.297. The van der Waals surface area contributed by atoms with E-state index in [0.29, 0.717) is 6.61 Å². The second kappa shape index (κ2) is 4.64. The lowest BCUT2D eigenvalue weighted by Crippen LogP contribution is -2.14. The van der Waals surface area contributed by atoms with Gasteiger partial charge in [-0.2, -0.15) is 0 Å². The maximum absolute atomic E-state index is 5.71. The average molecular weight is 207 g/mol. The van der Waals surface area contributed by atoms with Crippen molar-refractivity contribution < 1.29 is 9.47 Å². The average Bonchev–Trinajstić information content (AvgIpc) is 2.66. The molecule has 1 aromatic rings. The van der Waals surface area contributed by atoms with Crippen molar-refractivity contribution in [3.05, 3.63) is 29.8 Å². The summed E-state index contributed by atoms with van der Waals surface area (Å²) in [5.74, 6) is 0.903. The zero-order valence-corrected chi connectivity index (χ0v) is 9.19. The molecule has 0 amide bonds. The third kappa shape index (κ3) is 2.49. The minimum absolute atomic E-state index is 0.0143. The maximum Gasteiger partial charge on any atom is 0.134 e. The van der Waals surface area contributed by atoms with Gasteiger partial charge < -0.3 is 9.47 Å². The third-order valence-electron chi connectivity index (χ3n) is 2.43. The first-order valence-electron chi connectivity index (χ1n) is 5.41. The molecule has 1 aliphatic rings. The first-order valence-corrected chi connectivity index (χ1v) is 5.41. The van der Waals surface area contributed by atoms with Crippen LogP contribution in [0.4, 0.5) is 0 Å². The fourth-order valence-corrected chi connectivity index (χ4v) is 1.73. The fourth-order valence-electron chi connectivity index (χ4n) is 1.73. The van der Waals surface area contributed by atoms with Crippen LogP contribution in [0.25, 0.3) is 0 Å².